The lowest BCUT2D eigenvalue weighted by Crippen LogP contribution is -2.63. The number of carbonyl (C=O) groups is 1. The van der Waals surface area contributed by atoms with Gasteiger partial charge in [0.25, 0.3) is 0 Å². The lowest BCUT2D eigenvalue weighted by molar-refractivity contribution is -0.00600. The average molecular weight is 357 g/mol. The fraction of sp³-hybridized carbons (Fsp3) is 0.421. The Morgan fingerprint density at radius 2 is 2.00 bits per heavy atom. The van der Waals surface area contributed by atoms with E-state index in [0.717, 1.165) is 42.0 Å². The molecule has 4 rings (SSSR count). The number of fused-ring (bicyclic) bond motifs is 2. The van der Waals surface area contributed by atoms with Crippen molar-refractivity contribution in [3.05, 3.63) is 41.0 Å². The zero-order chi connectivity index (χ0) is 17.6. The first kappa shape index (κ1) is 16.3. The van der Waals surface area contributed by atoms with E-state index in [1.165, 1.54) is 6.20 Å². The number of halogens is 1. The Labute approximate surface area is 152 Å². The van der Waals surface area contributed by atoms with Crippen molar-refractivity contribution in [3.63, 3.8) is 0 Å². The minimum atomic E-state index is 0.000122. The van der Waals surface area contributed by atoms with Crippen LogP contribution in [0, 0.1) is 12.8 Å². The lowest BCUT2D eigenvalue weighted by Gasteiger charge is -2.54. The van der Waals surface area contributed by atoms with Crippen molar-refractivity contribution in [1.82, 2.24) is 15.1 Å². The molecule has 2 fully saturated rings. The highest BCUT2D eigenvalue weighted by Gasteiger charge is 2.46. The Morgan fingerprint density at radius 3 is 2.72 bits per heavy atom. The first-order chi connectivity index (χ1) is 12.0. The van der Waals surface area contributed by atoms with Crippen molar-refractivity contribution >= 4 is 23.3 Å². The highest BCUT2D eigenvalue weighted by atomic mass is 35.5. The van der Waals surface area contributed by atoms with Crippen LogP contribution in [-0.2, 0) is 0 Å². The largest absolute Gasteiger partial charge is 0.322 e. The topological polar surface area (TPSA) is 58.1 Å². The van der Waals surface area contributed by atoms with Gasteiger partial charge in [0.15, 0.2) is 0 Å². The number of rotatable bonds is 2. The van der Waals surface area contributed by atoms with E-state index < -0.39 is 0 Å². The maximum atomic E-state index is 12.7. The van der Waals surface area contributed by atoms with E-state index in [4.69, 9.17) is 11.6 Å². The number of piperidine rings is 1. The van der Waals surface area contributed by atoms with E-state index in [1.54, 1.807) is 6.07 Å². The smallest absolute Gasteiger partial charge is 0.318 e. The second kappa shape index (κ2) is 6.30. The molecular formula is C19H21ClN4O. The molecule has 1 N–H and O–H groups in total. The SMILES string of the molecule is Cc1ccc(NC(=O)N2C3CC(C)C[C@H]2C3)cc1-c1cc(Cl)cnn1. The van der Waals surface area contributed by atoms with Gasteiger partial charge in [-0.1, -0.05) is 24.6 Å². The van der Waals surface area contributed by atoms with Gasteiger partial charge in [-0.25, -0.2) is 4.79 Å². The summed E-state index contributed by atoms with van der Waals surface area (Å²) in [6.07, 6.45) is 4.88. The van der Waals surface area contributed by atoms with Gasteiger partial charge in [0.1, 0.15) is 0 Å². The van der Waals surface area contributed by atoms with Gasteiger partial charge in [-0.05, 0) is 55.9 Å². The molecule has 2 saturated heterocycles. The summed E-state index contributed by atoms with van der Waals surface area (Å²) >= 11 is 6.03. The van der Waals surface area contributed by atoms with Crippen LogP contribution in [0.15, 0.2) is 30.5 Å². The van der Waals surface area contributed by atoms with Crippen molar-refractivity contribution < 1.29 is 4.79 Å². The molecule has 0 spiro atoms. The highest BCUT2D eigenvalue weighted by Crippen LogP contribution is 2.41. The summed E-state index contributed by atoms with van der Waals surface area (Å²) < 4.78 is 0. The van der Waals surface area contributed by atoms with Crippen LogP contribution < -0.4 is 5.32 Å². The lowest BCUT2D eigenvalue weighted by atomic mass is 9.74. The summed E-state index contributed by atoms with van der Waals surface area (Å²) in [4.78, 5) is 14.7. The number of nitrogens with one attached hydrogen (secondary N) is 1. The molecule has 2 aliphatic heterocycles. The molecule has 1 aromatic heterocycles. The van der Waals surface area contributed by atoms with Crippen LogP contribution in [-0.4, -0.2) is 33.2 Å². The highest BCUT2D eigenvalue weighted by molar-refractivity contribution is 6.30. The molecule has 2 bridgehead atoms. The van der Waals surface area contributed by atoms with E-state index in [9.17, 15) is 4.79 Å². The third-order valence-electron chi connectivity index (χ3n) is 5.30. The van der Waals surface area contributed by atoms with Crippen LogP contribution in [0.25, 0.3) is 11.3 Å². The fourth-order valence-electron chi connectivity index (χ4n) is 4.12. The molecule has 3 atom stereocenters. The standard InChI is InChI=1S/C19H21ClN4O/c1-11-5-15-9-16(6-11)24(15)19(25)22-14-4-3-12(2)17(8-14)18-7-13(20)10-21-23-18/h3-4,7-8,10-11,15-16H,5-6,9H2,1-2H3,(H,22,25)/t11?,15-,16?/m0/s1. The van der Waals surface area contributed by atoms with Crippen molar-refractivity contribution in [1.29, 1.82) is 0 Å². The molecule has 5 nitrogen and oxygen atoms in total. The first-order valence-electron chi connectivity index (χ1n) is 8.70. The Bertz CT molecular complexity index is 813. The van der Waals surface area contributed by atoms with Gasteiger partial charge in [-0.15, -0.1) is 0 Å². The summed E-state index contributed by atoms with van der Waals surface area (Å²) in [7, 11) is 0. The number of aryl methyl sites for hydroxylation is 1. The summed E-state index contributed by atoms with van der Waals surface area (Å²) in [5, 5.41) is 11.6. The Balaban J connectivity index is 1.54. The Hall–Kier alpha value is -2.14. The number of hydrogen-bond acceptors (Lipinski definition) is 3. The summed E-state index contributed by atoms with van der Waals surface area (Å²) in [5.41, 5.74) is 3.45. The van der Waals surface area contributed by atoms with Crippen molar-refractivity contribution in [2.75, 3.05) is 5.32 Å². The molecule has 2 amide bonds. The van der Waals surface area contributed by atoms with Gasteiger partial charge >= 0.3 is 6.03 Å². The normalized spacial score (nSPS) is 24.6. The van der Waals surface area contributed by atoms with Gasteiger partial charge in [-0.3, -0.25) is 0 Å². The van der Waals surface area contributed by atoms with E-state index >= 15 is 0 Å². The van der Waals surface area contributed by atoms with Gasteiger partial charge in [0.05, 0.1) is 16.9 Å². The molecule has 0 aliphatic carbocycles. The molecule has 0 radical (unpaired) electrons. The number of nitrogens with zero attached hydrogens (tertiary/aromatic N) is 3. The monoisotopic (exact) mass is 356 g/mol. The number of amides is 2. The Kier molecular flexibility index (Phi) is 4.12. The van der Waals surface area contributed by atoms with Gasteiger partial charge in [-0.2, -0.15) is 10.2 Å². The zero-order valence-electron chi connectivity index (χ0n) is 14.4. The maximum Gasteiger partial charge on any atom is 0.322 e. The summed E-state index contributed by atoms with van der Waals surface area (Å²) in [5.74, 6) is 0.722. The predicted octanol–water partition coefficient (Wildman–Crippen LogP) is 4.51. The van der Waals surface area contributed by atoms with Crippen LogP contribution in [0.4, 0.5) is 10.5 Å². The van der Waals surface area contributed by atoms with Crippen LogP contribution >= 0.6 is 11.6 Å². The van der Waals surface area contributed by atoms with Crippen LogP contribution in [0.2, 0.25) is 5.02 Å². The number of carbonyl (C=O) groups excluding carboxylic acids is 1. The number of hydrogen-bond donors (Lipinski definition) is 1. The number of benzene rings is 1. The predicted molar refractivity (Wildman–Crippen MR) is 98.7 cm³/mol. The molecule has 2 unspecified atom stereocenters. The van der Waals surface area contributed by atoms with E-state index in [2.05, 4.69) is 22.4 Å². The quantitative estimate of drug-likeness (QED) is 0.861. The molecular weight excluding hydrogens is 336 g/mol. The minimum Gasteiger partial charge on any atom is -0.318 e. The molecule has 0 saturated carbocycles. The summed E-state index contributed by atoms with van der Waals surface area (Å²) in [6.45, 7) is 4.28. The van der Waals surface area contributed by atoms with E-state index in [-0.39, 0.29) is 6.03 Å². The molecule has 2 aliphatic rings. The van der Waals surface area contributed by atoms with Crippen molar-refractivity contribution in [3.8, 4) is 11.3 Å². The first-order valence-corrected chi connectivity index (χ1v) is 9.07. The molecule has 130 valence electrons. The minimum absolute atomic E-state index is 0.000122. The summed E-state index contributed by atoms with van der Waals surface area (Å²) in [6, 6.07) is 8.42. The zero-order valence-corrected chi connectivity index (χ0v) is 15.1. The number of urea groups is 1. The fourth-order valence-corrected chi connectivity index (χ4v) is 4.26. The number of anilines is 1. The molecule has 6 heteroatoms. The average Bonchev–Trinajstić information content (AvgIpc) is 2.56. The molecule has 2 aromatic rings. The number of aromatic nitrogens is 2. The van der Waals surface area contributed by atoms with Crippen molar-refractivity contribution in [2.45, 2.75) is 45.2 Å². The maximum absolute atomic E-state index is 12.7. The Morgan fingerprint density at radius 1 is 1.24 bits per heavy atom. The third kappa shape index (κ3) is 3.09. The van der Waals surface area contributed by atoms with E-state index in [0.29, 0.717) is 22.8 Å². The van der Waals surface area contributed by atoms with Crippen LogP contribution in [0.5, 0.6) is 0 Å². The van der Waals surface area contributed by atoms with Crippen molar-refractivity contribution in [2.24, 2.45) is 5.92 Å². The van der Waals surface area contributed by atoms with E-state index in [1.807, 2.05) is 30.0 Å². The second-order valence-corrected chi connectivity index (χ2v) is 7.68. The molecule has 25 heavy (non-hydrogen) atoms. The van der Waals surface area contributed by atoms with Crippen LogP contribution in [0.3, 0.4) is 0 Å². The molecule has 1 aromatic carbocycles. The van der Waals surface area contributed by atoms with Gasteiger partial charge < -0.3 is 10.2 Å². The van der Waals surface area contributed by atoms with Gasteiger partial charge in [0.2, 0.25) is 0 Å². The van der Waals surface area contributed by atoms with Gasteiger partial charge in [0, 0.05) is 23.3 Å². The van der Waals surface area contributed by atoms with Crippen LogP contribution in [0.1, 0.15) is 31.7 Å². The third-order valence-corrected chi connectivity index (χ3v) is 5.51. The second-order valence-electron chi connectivity index (χ2n) is 7.25. The molecule has 3 heterocycles.